The zero-order chi connectivity index (χ0) is 23.3. The maximum absolute atomic E-state index is 5.53. The van der Waals surface area contributed by atoms with Crippen molar-refractivity contribution in [3.8, 4) is 0 Å². The summed E-state index contributed by atoms with van der Waals surface area (Å²) in [5.41, 5.74) is 5.11. The highest BCUT2D eigenvalue weighted by molar-refractivity contribution is 5.87. The Morgan fingerprint density at radius 2 is 1.91 bits per heavy atom. The van der Waals surface area contributed by atoms with Crippen LogP contribution >= 0.6 is 0 Å². The summed E-state index contributed by atoms with van der Waals surface area (Å²) in [6, 6.07) is 6.56. The highest BCUT2D eigenvalue weighted by Gasteiger charge is 2.31. The lowest BCUT2D eigenvalue weighted by Crippen LogP contribution is -2.48. The van der Waals surface area contributed by atoms with Crippen LogP contribution < -0.4 is 10.2 Å². The summed E-state index contributed by atoms with van der Waals surface area (Å²) in [6.45, 7) is 12.3. The first-order chi connectivity index (χ1) is 15.7. The van der Waals surface area contributed by atoms with Gasteiger partial charge in [0.05, 0.1) is 6.33 Å². The molecular formula is C24H30N8O. The number of rotatable bonds is 5. The van der Waals surface area contributed by atoms with E-state index in [4.69, 9.17) is 14.4 Å². The van der Waals surface area contributed by atoms with Crippen molar-refractivity contribution < 1.29 is 4.42 Å². The van der Waals surface area contributed by atoms with E-state index < -0.39 is 0 Å². The molecule has 0 bridgehead atoms. The largest absolute Gasteiger partial charge is 0.426 e. The number of nitrogens with one attached hydrogen (secondary N) is 1. The molecule has 9 heteroatoms. The monoisotopic (exact) mass is 446 g/mol. The topological polar surface area (TPSA) is 97.8 Å². The van der Waals surface area contributed by atoms with Gasteiger partial charge >= 0.3 is 0 Å². The molecule has 1 aliphatic rings. The van der Waals surface area contributed by atoms with Crippen LogP contribution in [0.5, 0.6) is 0 Å². The number of aryl methyl sites for hydroxylation is 3. The molecule has 0 atom stereocenters. The fourth-order valence-electron chi connectivity index (χ4n) is 4.15. The van der Waals surface area contributed by atoms with E-state index in [0.717, 1.165) is 42.1 Å². The van der Waals surface area contributed by atoms with Crippen molar-refractivity contribution in [2.45, 2.75) is 46.5 Å². The summed E-state index contributed by atoms with van der Waals surface area (Å²) in [6.07, 6.45) is 2.55. The minimum atomic E-state index is 0.0619. The Labute approximate surface area is 193 Å². The van der Waals surface area contributed by atoms with Gasteiger partial charge in [0.15, 0.2) is 11.5 Å². The van der Waals surface area contributed by atoms with Crippen molar-refractivity contribution in [2.75, 3.05) is 23.3 Å². The van der Waals surface area contributed by atoms with E-state index in [-0.39, 0.29) is 5.41 Å². The minimum absolute atomic E-state index is 0.0619. The first-order valence-electron chi connectivity index (χ1n) is 11.3. The lowest BCUT2D eigenvalue weighted by Gasteiger charge is -2.38. The molecule has 9 nitrogen and oxygen atoms in total. The zero-order valence-electron chi connectivity index (χ0n) is 20.0. The Morgan fingerprint density at radius 1 is 1.12 bits per heavy atom. The van der Waals surface area contributed by atoms with Gasteiger partial charge in [-0.1, -0.05) is 32.9 Å². The van der Waals surface area contributed by atoms with E-state index in [1.54, 1.807) is 6.33 Å². The zero-order valence-corrected chi connectivity index (χ0v) is 20.0. The average Bonchev–Trinajstić information content (AvgIpc) is 3.30. The number of hydrogen-bond acceptors (Lipinski definition) is 8. The van der Waals surface area contributed by atoms with Crippen LogP contribution in [0.2, 0.25) is 0 Å². The standard InChI is InChI=1S/C24H30N8O/c1-14-7-8-17(24(3,4)5)10-18(14)26-22-20-21(25-13-31(20)6)27-23(28-22)32-11-16(12-32)9-19-30-29-15(2)33-19/h7-8,10,13,16H,9,11-12H2,1-6H3,(H,26,27,28). The predicted octanol–water partition coefficient (Wildman–Crippen LogP) is 4.08. The summed E-state index contributed by atoms with van der Waals surface area (Å²) < 4.78 is 7.49. The predicted molar refractivity (Wildman–Crippen MR) is 128 cm³/mol. The summed E-state index contributed by atoms with van der Waals surface area (Å²) in [5.74, 6) is 3.18. The molecule has 33 heavy (non-hydrogen) atoms. The van der Waals surface area contributed by atoms with Crippen molar-refractivity contribution >= 4 is 28.6 Å². The van der Waals surface area contributed by atoms with Crippen molar-refractivity contribution in [3.63, 3.8) is 0 Å². The van der Waals surface area contributed by atoms with Crippen molar-refractivity contribution in [3.05, 3.63) is 47.4 Å². The molecule has 1 fully saturated rings. The van der Waals surface area contributed by atoms with Crippen molar-refractivity contribution in [1.29, 1.82) is 0 Å². The molecule has 0 unspecified atom stereocenters. The van der Waals surface area contributed by atoms with Crippen LogP contribution in [-0.2, 0) is 18.9 Å². The minimum Gasteiger partial charge on any atom is -0.426 e. The molecule has 1 saturated heterocycles. The lowest BCUT2D eigenvalue weighted by atomic mass is 9.86. The molecular weight excluding hydrogens is 416 g/mol. The molecule has 0 radical (unpaired) electrons. The Bertz CT molecular complexity index is 1310. The van der Waals surface area contributed by atoms with Gasteiger partial charge in [-0.2, -0.15) is 9.97 Å². The van der Waals surface area contributed by atoms with Gasteiger partial charge in [-0.25, -0.2) is 4.98 Å². The number of hydrogen-bond donors (Lipinski definition) is 1. The Hall–Kier alpha value is -3.49. The third kappa shape index (κ3) is 4.15. The van der Waals surface area contributed by atoms with Crippen molar-refractivity contribution in [2.24, 2.45) is 13.0 Å². The molecule has 4 heterocycles. The molecule has 3 aromatic heterocycles. The molecule has 4 aromatic rings. The summed E-state index contributed by atoms with van der Waals surface area (Å²) in [4.78, 5) is 16.3. The van der Waals surface area contributed by atoms with E-state index in [1.807, 2.05) is 18.5 Å². The third-order valence-electron chi connectivity index (χ3n) is 6.19. The number of benzene rings is 1. The maximum atomic E-state index is 5.53. The Morgan fingerprint density at radius 3 is 2.61 bits per heavy atom. The number of imidazole rings is 1. The molecule has 172 valence electrons. The van der Waals surface area contributed by atoms with Crippen LogP contribution in [0.3, 0.4) is 0 Å². The fourth-order valence-corrected chi connectivity index (χ4v) is 4.15. The lowest BCUT2D eigenvalue weighted by molar-refractivity contribution is 0.355. The second kappa shape index (κ2) is 7.83. The van der Waals surface area contributed by atoms with E-state index in [1.165, 1.54) is 5.56 Å². The molecule has 5 rings (SSSR count). The normalized spacial score (nSPS) is 14.7. The average molecular weight is 447 g/mol. The van der Waals surface area contributed by atoms with Crippen LogP contribution in [0.25, 0.3) is 11.2 Å². The highest BCUT2D eigenvalue weighted by Crippen LogP contribution is 2.32. The first-order valence-corrected chi connectivity index (χ1v) is 11.3. The van der Waals surface area contributed by atoms with E-state index >= 15 is 0 Å². The molecule has 0 amide bonds. The Kier molecular flexibility index (Phi) is 5.07. The van der Waals surface area contributed by atoms with Crippen LogP contribution in [0.1, 0.15) is 43.7 Å². The van der Waals surface area contributed by atoms with Crippen LogP contribution in [-0.4, -0.2) is 42.8 Å². The molecule has 1 aliphatic heterocycles. The van der Waals surface area contributed by atoms with Crippen molar-refractivity contribution in [1.82, 2.24) is 29.7 Å². The molecule has 1 N–H and O–H groups in total. The summed E-state index contributed by atoms with van der Waals surface area (Å²) in [5, 5.41) is 11.6. The number of anilines is 3. The smallest absolute Gasteiger partial charge is 0.229 e. The molecule has 0 saturated carbocycles. The van der Waals surface area contributed by atoms with Crippen LogP contribution in [0.15, 0.2) is 28.9 Å². The summed E-state index contributed by atoms with van der Waals surface area (Å²) >= 11 is 0. The van der Waals surface area contributed by atoms with Gasteiger partial charge in [-0.05, 0) is 29.5 Å². The van der Waals surface area contributed by atoms with Crippen LogP contribution in [0.4, 0.5) is 17.5 Å². The quantitative estimate of drug-likeness (QED) is 0.490. The van der Waals surface area contributed by atoms with E-state index in [0.29, 0.717) is 29.3 Å². The molecule has 0 aliphatic carbocycles. The van der Waals surface area contributed by atoms with Gasteiger partial charge in [0.1, 0.15) is 5.52 Å². The molecule has 0 spiro atoms. The van der Waals surface area contributed by atoms with Crippen LogP contribution in [0, 0.1) is 19.8 Å². The number of aromatic nitrogens is 6. The van der Waals surface area contributed by atoms with Gasteiger partial charge in [-0.15, -0.1) is 10.2 Å². The molecule has 1 aromatic carbocycles. The second-order valence-corrected chi connectivity index (χ2v) is 9.99. The second-order valence-electron chi connectivity index (χ2n) is 9.99. The van der Waals surface area contributed by atoms with Gasteiger partial charge in [0.25, 0.3) is 0 Å². The SMILES string of the molecule is Cc1nnc(CC2CN(c3nc(Nc4cc(C(C)(C)C)ccc4C)c4c(ncn4C)n3)C2)o1. The first kappa shape index (κ1) is 21.4. The van der Waals surface area contributed by atoms with E-state index in [9.17, 15) is 0 Å². The van der Waals surface area contributed by atoms with Gasteiger partial charge in [0, 0.05) is 45.1 Å². The fraction of sp³-hybridized carbons (Fsp3) is 0.458. The van der Waals surface area contributed by atoms with Gasteiger partial charge in [-0.3, -0.25) is 0 Å². The van der Waals surface area contributed by atoms with Gasteiger partial charge < -0.3 is 19.2 Å². The van der Waals surface area contributed by atoms with E-state index in [2.05, 4.69) is 71.3 Å². The number of nitrogens with zero attached hydrogens (tertiary/aromatic N) is 7. The number of fused-ring (bicyclic) bond motifs is 1. The highest BCUT2D eigenvalue weighted by atomic mass is 16.4. The van der Waals surface area contributed by atoms with Gasteiger partial charge in [0.2, 0.25) is 17.7 Å². The third-order valence-corrected chi connectivity index (χ3v) is 6.19. The summed E-state index contributed by atoms with van der Waals surface area (Å²) in [7, 11) is 1.97. The maximum Gasteiger partial charge on any atom is 0.229 e. The Balaban J connectivity index is 1.42.